The van der Waals surface area contributed by atoms with Crippen molar-refractivity contribution >= 4 is 23.6 Å². The first kappa shape index (κ1) is 15.9. The van der Waals surface area contributed by atoms with Crippen molar-refractivity contribution in [2.24, 2.45) is 5.73 Å². The lowest BCUT2D eigenvalue weighted by atomic mass is 10.2. The second kappa shape index (κ2) is 7.52. The minimum absolute atomic E-state index is 0.318. The van der Waals surface area contributed by atoms with Crippen LogP contribution in [-0.4, -0.2) is 13.0 Å². The minimum atomic E-state index is -0.505. The van der Waals surface area contributed by atoms with Crippen molar-refractivity contribution in [2.75, 3.05) is 7.11 Å². The molecule has 0 saturated carbocycles. The molecular weight excluding hydrogens is 302 g/mol. The second-order valence-electron chi connectivity index (χ2n) is 4.53. The number of halogens is 1. The van der Waals surface area contributed by atoms with Crippen LogP contribution in [0.5, 0.6) is 11.5 Å². The van der Waals surface area contributed by atoms with Crippen molar-refractivity contribution in [1.82, 2.24) is 0 Å². The van der Waals surface area contributed by atoms with Crippen LogP contribution in [-0.2, 0) is 11.4 Å². The molecule has 22 heavy (non-hydrogen) atoms. The smallest absolute Gasteiger partial charge is 0.241 e. The van der Waals surface area contributed by atoms with Gasteiger partial charge in [-0.25, -0.2) is 0 Å². The van der Waals surface area contributed by atoms with E-state index in [2.05, 4.69) is 0 Å². The Balaban J connectivity index is 2.19. The van der Waals surface area contributed by atoms with Gasteiger partial charge in [-0.05, 0) is 29.8 Å². The Labute approximate surface area is 134 Å². The van der Waals surface area contributed by atoms with E-state index in [0.29, 0.717) is 23.1 Å². The molecule has 0 aliphatic heterocycles. The molecule has 2 aromatic carbocycles. The summed E-state index contributed by atoms with van der Waals surface area (Å²) in [5.41, 5.74) is 6.75. The van der Waals surface area contributed by atoms with Gasteiger partial charge < -0.3 is 15.2 Å². The van der Waals surface area contributed by atoms with Gasteiger partial charge in [-0.2, -0.15) is 0 Å². The molecule has 0 unspecified atom stereocenters. The monoisotopic (exact) mass is 317 g/mol. The Kier molecular flexibility index (Phi) is 5.44. The van der Waals surface area contributed by atoms with Crippen LogP contribution in [0.1, 0.15) is 11.1 Å². The van der Waals surface area contributed by atoms with Gasteiger partial charge in [-0.3, -0.25) is 4.79 Å². The van der Waals surface area contributed by atoms with Crippen LogP contribution < -0.4 is 15.2 Å². The van der Waals surface area contributed by atoms with Crippen molar-refractivity contribution in [2.45, 2.75) is 6.61 Å². The fourth-order valence-corrected chi connectivity index (χ4v) is 2.05. The fraction of sp³-hybridized carbons (Fsp3) is 0.118. The molecule has 0 aromatic heterocycles. The third-order valence-corrected chi connectivity index (χ3v) is 3.34. The van der Waals surface area contributed by atoms with E-state index in [0.717, 1.165) is 11.1 Å². The highest BCUT2D eigenvalue weighted by molar-refractivity contribution is 6.31. The van der Waals surface area contributed by atoms with Gasteiger partial charge in [0.2, 0.25) is 5.91 Å². The van der Waals surface area contributed by atoms with E-state index in [1.54, 1.807) is 31.4 Å². The lowest BCUT2D eigenvalue weighted by Gasteiger charge is -2.12. The van der Waals surface area contributed by atoms with Gasteiger partial charge in [0.1, 0.15) is 6.61 Å². The molecule has 2 rings (SSSR count). The maximum absolute atomic E-state index is 10.8. The summed E-state index contributed by atoms with van der Waals surface area (Å²) in [5, 5.41) is 0.645. The van der Waals surface area contributed by atoms with E-state index in [1.807, 2.05) is 24.3 Å². The summed E-state index contributed by atoms with van der Waals surface area (Å²) in [6.45, 7) is 0.318. The summed E-state index contributed by atoms with van der Waals surface area (Å²) in [6, 6.07) is 12.8. The summed E-state index contributed by atoms with van der Waals surface area (Å²) in [7, 11) is 1.57. The number of hydrogen-bond donors (Lipinski definition) is 1. The number of primary amides is 1. The highest BCUT2D eigenvalue weighted by Crippen LogP contribution is 2.30. The number of methoxy groups -OCH3 is 1. The lowest BCUT2D eigenvalue weighted by Crippen LogP contribution is -2.05. The molecule has 0 radical (unpaired) electrons. The van der Waals surface area contributed by atoms with Gasteiger partial charge in [0.05, 0.1) is 7.11 Å². The molecule has 0 fully saturated rings. The van der Waals surface area contributed by atoms with Crippen LogP contribution in [0.2, 0.25) is 5.02 Å². The predicted molar refractivity (Wildman–Crippen MR) is 87.0 cm³/mol. The van der Waals surface area contributed by atoms with E-state index in [4.69, 9.17) is 26.8 Å². The normalized spacial score (nSPS) is 10.6. The first-order valence-corrected chi connectivity index (χ1v) is 6.99. The van der Waals surface area contributed by atoms with Crippen molar-refractivity contribution in [3.63, 3.8) is 0 Å². The Bertz CT molecular complexity index is 698. The molecule has 0 saturated heterocycles. The SMILES string of the molecule is COc1ccc(/C=C\C(N)=O)cc1OCc1ccccc1Cl. The topological polar surface area (TPSA) is 61.5 Å². The molecule has 4 nitrogen and oxygen atoms in total. The molecular formula is C17H16ClNO3. The number of amides is 1. The zero-order valence-electron chi connectivity index (χ0n) is 12.1. The van der Waals surface area contributed by atoms with Crippen molar-refractivity contribution in [1.29, 1.82) is 0 Å². The van der Waals surface area contributed by atoms with Crippen LogP contribution in [0.3, 0.4) is 0 Å². The molecule has 114 valence electrons. The Morgan fingerprint density at radius 1 is 1.23 bits per heavy atom. The molecule has 0 bridgehead atoms. The van der Waals surface area contributed by atoms with Crippen LogP contribution in [0.4, 0.5) is 0 Å². The molecule has 1 amide bonds. The van der Waals surface area contributed by atoms with E-state index < -0.39 is 5.91 Å². The Hall–Kier alpha value is -2.46. The van der Waals surface area contributed by atoms with Gasteiger partial charge in [-0.15, -0.1) is 0 Å². The fourth-order valence-electron chi connectivity index (χ4n) is 1.86. The quantitative estimate of drug-likeness (QED) is 0.830. The summed E-state index contributed by atoms with van der Waals surface area (Å²) in [6.07, 6.45) is 2.91. The molecule has 5 heteroatoms. The van der Waals surface area contributed by atoms with Gasteiger partial charge in [0.25, 0.3) is 0 Å². The maximum Gasteiger partial charge on any atom is 0.241 e. The minimum Gasteiger partial charge on any atom is -0.493 e. The number of carbonyl (C=O) groups is 1. The number of rotatable bonds is 6. The van der Waals surface area contributed by atoms with Gasteiger partial charge in [0.15, 0.2) is 11.5 Å². The summed E-state index contributed by atoms with van der Waals surface area (Å²) in [5.74, 6) is 0.659. The Morgan fingerprint density at radius 2 is 2.00 bits per heavy atom. The number of benzene rings is 2. The van der Waals surface area contributed by atoms with E-state index >= 15 is 0 Å². The van der Waals surface area contributed by atoms with Crippen LogP contribution >= 0.6 is 11.6 Å². The molecule has 0 atom stereocenters. The third kappa shape index (κ3) is 4.27. The molecule has 2 N–H and O–H groups in total. The van der Waals surface area contributed by atoms with E-state index in [-0.39, 0.29) is 0 Å². The summed E-state index contributed by atoms with van der Waals surface area (Å²) < 4.78 is 11.1. The first-order chi connectivity index (χ1) is 10.6. The molecule has 0 aliphatic carbocycles. The average molecular weight is 318 g/mol. The van der Waals surface area contributed by atoms with Gasteiger partial charge in [0, 0.05) is 16.7 Å². The van der Waals surface area contributed by atoms with Gasteiger partial charge in [-0.1, -0.05) is 35.9 Å². The van der Waals surface area contributed by atoms with E-state index in [9.17, 15) is 4.79 Å². The largest absolute Gasteiger partial charge is 0.493 e. The van der Waals surface area contributed by atoms with Crippen molar-refractivity contribution in [3.8, 4) is 11.5 Å². The van der Waals surface area contributed by atoms with Crippen LogP contribution in [0.25, 0.3) is 6.08 Å². The second-order valence-corrected chi connectivity index (χ2v) is 4.93. The average Bonchev–Trinajstić information content (AvgIpc) is 2.52. The summed E-state index contributed by atoms with van der Waals surface area (Å²) in [4.78, 5) is 10.8. The zero-order valence-corrected chi connectivity index (χ0v) is 12.8. The summed E-state index contributed by atoms with van der Waals surface area (Å²) >= 11 is 6.11. The lowest BCUT2D eigenvalue weighted by molar-refractivity contribution is -0.113. The van der Waals surface area contributed by atoms with Crippen molar-refractivity contribution < 1.29 is 14.3 Å². The number of hydrogen-bond acceptors (Lipinski definition) is 3. The molecule has 0 spiro atoms. The highest BCUT2D eigenvalue weighted by atomic mass is 35.5. The number of ether oxygens (including phenoxy) is 2. The Morgan fingerprint density at radius 3 is 2.68 bits per heavy atom. The number of nitrogens with two attached hydrogens (primary N) is 1. The maximum atomic E-state index is 10.8. The highest BCUT2D eigenvalue weighted by Gasteiger charge is 2.07. The van der Waals surface area contributed by atoms with Gasteiger partial charge >= 0.3 is 0 Å². The number of carbonyl (C=O) groups excluding carboxylic acids is 1. The van der Waals surface area contributed by atoms with Crippen molar-refractivity contribution in [3.05, 3.63) is 64.7 Å². The predicted octanol–water partition coefficient (Wildman–Crippen LogP) is 3.43. The molecule has 0 aliphatic rings. The van der Waals surface area contributed by atoms with E-state index in [1.165, 1.54) is 6.08 Å². The first-order valence-electron chi connectivity index (χ1n) is 6.62. The van der Waals surface area contributed by atoms with Crippen LogP contribution in [0.15, 0.2) is 48.5 Å². The standard InChI is InChI=1S/C17H16ClNO3/c1-21-15-8-6-12(7-9-17(19)20)10-16(15)22-11-13-4-2-3-5-14(13)18/h2-10H,11H2,1H3,(H2,19,20)/b9-7-. The third-order valence-electron chi connectivity index (χ3n) is 2.97. The molecule has 2 aromatic rings. The molecule has 0 heterocycles. The van der Waals surface area contributed by atoms with Crippen LogP contribution in [0, 0.1) is 0 Å². The zero-order chi connectivity index (χ0) is 15.9.